The highest BCUT2D eigenvalue weighted by Crippen LogP contribution is 2.22. The number of rotatable bonds is 6. The Morgan fingerprint density at radius 2 is 1.69 bits per heavy atom. The minimum absolute atomic E-state index is 0.0225. The maximum absolute atomic E-state index is 12.4. The van der Waals surface area contributed by atoms with Crippen molar-refractivity contribution in [3.8, 4) is 11.5 Å². The standard InChI is InChI=1S/C22H20N2O5/c1-13(25)16-9-11-18(12-10-16)23-20(26)15(3)29-22(27)19-14(2)28-21(24-19)17-7-5-4-6-8-17/h4-12,15H,1-3H3,(H,23,26)/t15-/m0/s1. The number of Topliss-reactive ketones (excluding diaryl/α,β-unsaturated/α-hetero) is 1. The van der Waals surface area contributed by atoms with E-state index in [0.29, 0.717) is 22.9 Å². The number of carbonyl (C=O) groups excluding carboxylic acids is 3. The van der Waals surface area contributed by atoms with E-state index in [1.54, 1.807) is 31.2 Å². The fraction of sp³-hybridized carbons (Fsp3) is 0.182. The van der Waals surface area contributed by atoms with Crippen molar-refractivity contribution in [3.63, 3.8) is 0 Å². The quantitative estimate of drug-likeness (QED) is 0.502. The van der Waals surface area contributed by atoms with Crippen molar-refractivity contribution in [3.05, 3.63) is 71.6 Å². The fourth-order valence-electron chi connectivity index (χ4n) is 2.59. The molecule has 1 atom stereocenters. The van der Waals surface area contributed by atoms with Crippen LogP contribution in [0.1, 0.15) is 40.5 Å². The van der Waals surface area contributed by atoms with Gasteiger partial charge in [-0.1, -0.05) is 18.2 Å². The van der Waals surface area contributed by atoms with Crippen LogP contribution < -0.4 is 5.32 Å². The van der Waals surface area contributed by atoms with Gasteiger partial charge in [-0.25, -0.2) is 9.78 Å². The normalized spacial score (nSPS) is 11.6. The number of hydrogen-bond acceptors (Lipinski definition) is 6. The second-order valence-corrected chi connectivity index (χ2v) is 6.46. The van der Waals surface area contributed by atoms with Crippen LogP contribution in [0.4, 0.5) is 5.69 Å². The molecule has 148 valence electrons. The molecule has 0 saturated heterocycles. The average molecular weight is 392 g/mol. The van der Waals surface area contributed by atoms with Gasteiger partial charge in [-0.15, -0.1) is 0 Å². The molecular formula is C22H20N2O5. The predicted octanol–water partition coefficient (Wildman–Crippen LogP) is 4.04. The summed E-state index contributed by atoms with van der Waals surface area (Å²) < 4.78 is 10.8. The molecule has 7 nitrogen and oxygen atoms in total. The largest absolute Gasteiger partial charge is 0.448 e. The minimum atomic E-state index is -1.05. The molecule has 0 aliphatic heterocycles. The predicted molar refractivity (Wildman–Crippen MR) is 107 cm³/mol. The van der Waals surface area contributed by atoms with Gasteiger partial charge in [-0.2, -0.15) is 0 Å². The molecule has 3 rings (SSSR count). The van der Waals surface area contributed by atoms with Crippen molar-refractivity contribution in [2.75, 3.05) is 5.32 Å². The molecule has 0 unspecified atom stereocenters. The lowest BCUT2D eigenvalue weighted by Gasteiger charge is -2.13. The number of aryl methyl sites for hydroxylation is 1. The van der Waals surface area contributed by atoms with Gasteiger partial charge in [0.25, 0.3) is 5.91 Å². The van der Waals surface area contributed by atoms with Gasteiger partial charge < -0.3 is 14.5 Å². The summed E-state index contributed by atoms with van der Waals surface area (Å²) in [5, 5.41) is 2.64. The molecule has 1 heterocycles. The van der Waals surface area contributed by atoms with Crippen molar-refractivity contribution in [2.24, 2.45) is 0 Å². The third-order valence-electron chi connectivity index (χ3n) is 4.22. The van der Waals surface area contributed by atoms with E-state index in [9.17, 15) is 14.4 Å². The van der Waals surface area contributed by atoms with Gasteiger partial charge in [0.2, 0.25) is 5.89 Å². The number of anilines is 1. The molecule has 29 heavy (non-hydrogen) atoms. The molecular weight excluding hydrogens is 372 g/mol. The summed E-state index contributed by atoms with van der Waals surface area (Å²) in [6, 6.07) is 15.6. The number of carbonyl (C=O) groups is 3. The smallest absolute Gasteiger partial charge is 0.361 e. The van der Waals surface area contributed by atoms with E-state index in [2.05, 4.69) is 10.3 Å². The number of esters is 1. The van der Waals surface area contributed by atoms with Gasteiger partial charge in [0, 0.05) is 16.8 Å². The molecule has 0 radical (unpaired) electrons. The van der Waals surface area contributed by atoms with Crippen LogP contribution in [-0.2, 0) is 9.53 Å². The lowest BCUT2D eigenvalue weighted by molar-refractivity contribution is -0.123. The van der Waals surface area contributed by atoms with E-state index >= 15 is 0 Å². The van der Waals surface area contributed by atoms with Crippen molar-refractivity contribution in [1.29, 1.82) is 0 Å². The van der Waals surface area contributed by atoms with Crippen LogP contribution in [0, 0.1) is 6.92 Å². The first-order valence-corrected chi connectivity index (χ1v) is 9.01. The van der Waals surface area contributed by atoms with E-state index in [0.717, 1.165) is 5.56 Å². The summed E-state index contributed by atoms with van der Waals surface area (Å²) in [6.45, 7) is 4.53. The first-order valence-electron chi connectivity index (χ1n) is 9.01. The molecule has 0 aliphatic rings. The summed E-state index contributed by atoms with van der Waals surface area (Å²) in [7, 11) is 0. The van der Waals surface area contributed by atoms with Crippen LogP contribution in [0.15, 0.2) is 59.0 Å². The Labute approximate surface area is 167 Å². The summed E-state index contributed by atoms with van der Waals surface area (Å²) in [5.74, 6) is -0.705. The molecule has 1 N–H and O–H groups in total. The summed E-state index contributed by atoms with van der Waals surface area (Å²) >= 11 is 0. The third-order valence-corrected chi connectivity index (χ3v) is 4.22. The molecule has 7 heteroatoms. The number of ketones is 1. The maximum Gasteiger partial charge on any atom is 0.361 e. The Kier molecular flexibility index (Phi) is 5.87. The zero-order chi connectivity index (χ0) is 21.0. The van der Waals surface area contributed by atoms with Crippen LogP contribution >= 0.6 is 0 Å². The Bertz CT molecular complexity index is 1040. The number of amides is 1. The molecule has 0 saturated carbocycles. The van der Waals surface area contributed by atoms with E-state index in [1.165, 1.54) is 13.8 Å². The van der Waals surface area contributed by atoms with Crippen LogP contribution in [0.5, 0.6) is 0 Å². The average Bonchev–Trinajstić information content (AvgIpc) is 3.11. The second kappa shape index (κ2) is 8.52. The number of nitrogens with zero attached hydrogens (tertiary/aromatic N) is 1. The van der Waals surface area contributed by atoms with E-state index in [4.69, 9.17) is 9.15 Å². The number of benzene rings is 2. The van der Waals surface area contributed by atoms with Gasteiger partial charge >= 0.3 is 5.97 Å². The summed E-state index contributed by atoms with van der Waals surface area (Å²) in [6.07, 6.45) is -1.05. The van der Waals surface area contributed by atoms with Gasteiger partial charge in [0.15, 0.2) is 17.6 Å². The summed E-state index contributed by atoms with van der Waals surface area (Å²) in [4.78, 5) is 40.2. The van der Waals surface area contributed by atoms with Gasteiger partial charge in [-0.05, 0) is 57.2 Å². The number of hydrogen-bond donors (Lipinski definition) is 1. The van der Waals surface area contributed by atoms with Crippen molar-refractivity contribution >= 4 is 23.3 Å². The lowest BCUT2D eigenvalue weighted by Crippen LogP contribution is -2.30. The topological polar surface area (TPSA) is 98.5 Å². The summed E-state index contributed by atoms with van der Waals surface area (Å²) in [5.41, 5.74) is 1.79. The Morgan fingerprint density at radius 1 is 1.03 bits per heavy atom. The van der Waals surface area contributed by atoms with E-state index in [-0.39, 0.29) is 11.5 Å². The van der Waals surface area contributed by atoms with Crippen LogP contribution in [-0.4, -0.2) is 28.7 Å². The van der Waals surface area contributed by atoms with Gasteiger partial charge in [0.05, 0.1) is 0 Å². The van der Waals surface area contributed by atoms with E-state index in [1.807, 2.05) is 30.3 Å². The molecule has 0 aliphatic carbocycles. The molecule has 2 aromatic carbocycles. The van der Waals surface area contributed by atoms with Crippen LogP contribution in [0.2, 0.25) is 0 Å². The molecule has 3 aromatic rings. The monoisotopic (exact) mass is 392 g/mol. The van der Waals surface area contributed by atoms with Crippen LogP contribution in [0.3, 0.4) is 0 Å². The lowest BCUT2D eigenvalue weighted by atomic mass is 10.1. The number of nitrogens with one attached hydrogen (secondary N) is 1. The highest BCUT2D eigenvalue weighted by Gasteiger charge is 2.24. The van der Waals surface area contributed by atoms with Gasteiger partial charge in [0.1, 0.15) is 5.76 Å². The van der Waals surface area contributed by atoms with Crippen molar-refractivity contribution in [1.82, 2.24) is 4.98 Å². The first kappa shape index (κ1) is 20.0. The number of aromatic nitrogens is 1. The Balaban J connectivity index is 1.65. The molecule has 0 fully saturated rings. The first-order chi connectivity index (χ1) is 13.8. The number of ether oxygens (including phenoxy) is 1. The third kappa shape index (κ3) is 4.76. The maximum atomic E-state index is 12.4. The molecule has 0 spiro atoms. The Hall–Kier alpha value is -3.74. The molecule has 1 aromatic heterocycles. The highest BCUT2D eigenvalue weighted by atomic mass is 16.5. The Morgan fingerprint density at radius 3 is 2.31 bits per heavy atom. The molecule has 0 bridgehead atoms. The van der Waals surface area contributed by atoms with Crippen molar-refractivity contribution in [2.45, 2.75) is 26.9 Å². The van der Waals surface area contributed by atoms with E-state index < -0.39 is 18.0 Å². The van der Waals surface area contributed by atoms with Crippen LogP contribution in [0.25, 0.3) is 11.5 Å². The second-order valence-electron chi connectivity index (χ2n) is 6.46. The zero-order valence-corrected chi connectivity index (χ0v) is 16.3. The molecule has 1 amide bonds. The van der Waals surface area contributed by atoms with Crippen molar-refractivity contribution < 1.29 is 23.5 Å². The highest BCUT2D eigenvalue weighted by molar-refractivity contribution is 5.98. The number of oxazole rings is 1. The zero-order valence-electron chi connectivity index (χ0n) is 16.3. The minimum Gasteiger partial charge on any atom is -0.448 e. The SMILES string of the molecule is CC(=O)c1ccc(NC(=O)[C@H](C)OC(=O)c2nc(-c3ccccc3)oc2C)cc1. The van der Waals surface area contributed by atoms with Gasteiger partial charge in [-0.3, -0.25) is 9.59 Å². The fourth-order valence-corrected chi connectivity index (χ4v) is 2.59.